The molecule has 0 radical (unpaired) electrons. The lowest BCUT2D eigenvalue weighted by atomic mass is 10.1. The van der Waals surface area contributed by atoms with E-state index in [9.17, 15) is 18.0 Å². The van der Waals surface area contributed by atoms with E-state index in [-0.39, 0.29) is 11.9 Å². The Morgan fingerprint density at radius 1 is 1.14 bits per heavy atom. The SMILES string of the molecule is CC(NC(=O)/C=C/c1cccc(C(F)(F)F)c1)c1ccc(N2CCOCC2)cc1. The average Bonchev–Trinajstić information content (AvgIpc) is 2.72. The highest BCUT2D eigenvalue weighted by molar-refractivity contribution is 5.92. The van der Waals surface area contributed by atoms with Crippen molar-refractivity contribution in [1.29, 1.82) is 0 Å². The molecule has 1 amide bonds. The van der Waals surface area contributed by atoms with Crippen LogP contribution >= 0.6 is 0 Å². The molecule has 4 nitrogen and oxygen atoms in total. The number of morpholine rings is 1. The van der Waals surface area contributed by atoms with Crippen molar-refractivity contribution in [2.45, 2.75) is 19.1 Å². The molecule has 0 aromatic heterocycles. The van der Waals surface area contributed by atoms with E-state index in [0.29, 0.717) is 18.8 Å². The van der Waals surface area contributed by atoms with Crippen LogP contribution in [0.1, 0.15) is 29.7 Å². The Morgan fingerprint density at radius 2 is 1.83 bits per heavy atom. The predicted octanol–water partition coefficient (Wildman–Crippen LogP) is 4.43. The first-order chi connectivity index (χ1) is 13.8. The second-order valence-corrected chi connectivity index (χ2v) is 6.88. The van der Waals surface area contributed by atoms with Gasteiger partial charge in [0.25, 0.3) is 0 Å². The van der Waals surface area contributed by atoms with Gasteiger partial charge in [-0.2, -0.15) is 13.2 Å². The Kier molecular flexibility index (Phi) is 6.59. The molecular weight excluding hydrogens is 381 g/mol. The van der Waals surface area contributed by atoms with Gasteiger partial charge >= 0.3 is 6.18 Å². The van der Waals surface area contributed by atoms with Gasteiger partial charge in [0.2, 0.25) is 5.91 Å². The average molecular weight is 404 g/mol. The van der Waals surface area contributed by atoms with Gasteiger partial charge in [0.05, 0.1) is 24.8 Å². The van der Waals surface area contributed by atoms with E-state index in [1.165, 1.54) is 24.3 Å². The highest BCUT2D eigenvalue weighted by atomic mass is 19.4. The number of hydrogen-bond donors (Lipinski definition) is 1. The number of rotatable bonds is 5. The van der Waals surface area contributed by atoms with Crippen molar-refractivity contribution in [3.63, 3.8) is 0 Å². The monoisotopic (exact) mass is 404 g/mol. The molecule has 0 bridgehead atoms. The summed E-state index contributed by atoms with van der Waals surface area (Å²) in [6.45, 7) is 5.00. The van der Waals surface area contributed by atoms with Gasteiger partial charge in [-0.3, -0.25) is 4.79 Å². The molecule has 1 N–H and O–H groups in total. The van der Waals surface area contributed by atoms with Gasteiger partial charge < -0.3 is 15.0 Å². The molecular formula is C22H23F3N2O2. The first-order valence-corrected chi connectivity index (χ1v) is 9.41. The van der Waals surface area contributed by atoms with Crippen molar-refractivity contribution in [2.75, 3.05) is 31.2 Å². The van der Waals surface area contributed by atoms with Gasteiger partial charge in [-0.1, -0.05) is 24.3 Å². The molecule has 2 aromatic rings. The number of benzene rings is 2. The highest BCUT2D eigenvalue weighted by Crippen LogP contribution is 2.29. The van der Waals surface area contributed by atoms with E-state index >= 15 is 0 Å². The molecule has 2 aromatic carbocycles. The smallest absolute Gasteiger partial charge is 0.378 e. The van der Waals surface area contributed by atoms with Gasteiger partial charge in [0.1, 0.15) is 0 Å². The van der Waals surface area contributed by atoms with Crippen molar-refractivity contribution < 1.29 is 22.7 Å². The molecule has 1 fully saturated rings. The summed E-state index contributed by atoms with van der Waals surface area (Å²) in [6.07, 6.45) is -1.79. The third kappa shape index (κ3) is 5.84. The van der Waals surface area contributed by atoms with Crippen molar-refractivity contribution >= 4 is 17.7 Å². The van der Waals surface area contributed by atoms with Crippen molar-refractivity contribution in [2.24, 2.45) is 0 Å². The van der Waals surface area contributed by atoms with Crippen LogP contribution in [0.25, 0.3) is 6.08 Å². The summed E-state index contributed by atoms with van der Waals surface area (Å²) < 4.78 is 43.6. The van der Waals surface area contributed by atoms with Crippen LogP contribution in [-0.2, 0) is 15.7 Å². The van der Waals surface area contributed by atoms with Crippen LogP contribution in [0.2, 0.25) is 0 Å². The third-order valence-corrected chi connectivity index (χ3v) is 4.77. The molecule has 0 aliphatic carbocycles. The number of nitrogens with one attached hydrogen (secondary N) is 1. The van der Waals surface area contributed by atoms with Crippen LogP contribution in [-0.4, -0.2) is 32.2 Å². The third-order valence-electron chi connectivity index (χ3n) is 4.77. The minimum absolute atomic E-state index is 0.229. The fraction of sp³-hybridized carbons (Fsp3) is 0.318. The Hall–Kier alpha value is -2.80. The molecule has 29 heavy (non-hydrogen) atoms. The number of ether oxygens (including phenoxy) is 1. The maximum Gasteiger partial charge on any atom is 0.416 e. The second kappa shape index (κ2) is 9.13. The lowest BCUT2D eigenvalue weighted by molar-refractivity contribution is -0.137. The van der Waals surface area contributed by atoms with Crippen molar-refractivity contribution in [1.82, 2.24) is 5.32 Å². The summed E-state index contributed by atoms with van der Waals surface area (Å²) in [4.78, 5) is 14.4. The zero-order valence-electron chi connectivity index (χ0n) is 16.1. The highest BCUT2D eigenvalue weighted by Gasteiger charge is 2.30. The predicted molar refractivity (Wildman–Crippen MR) is 107 cm³/mol. The largest absolute Gasteiger partial charge is 0.416 e. The molecule has 3 rings (SSSR count). The van der Waals surface area contributed by atoms with Crippen LogP contribution in [0.4, 0.5) is 18.9 Å². The van der Waals surface area contributed by atoms with Crippen LogP contribution < -0.4 is 10.2 Å². The Morgan fingerprint density at radius 3 is 2.48 bits per heavy atom. The normalized spacial score (nSPS) is 16.1. The lowest BCUT2D eigenvalue weighted by Gasteiger charge is -2.29. The van der Waals surface area contributed by atoms with Crippen LogP contribution in [0.5, 0.6) is 0 Å². The first-order valence-electron chi connectivity index (χ1n) is 9.41. The fourth-order valence-corrected chi connectivity index (χ4v) is 3.13. The molecule has 1 aliphatic heterocycles. The fourth-order valence-electron chi connectivity index (χ4n) is 3.13. The number of halogens is 3. The van der Waals surface area contributed by atoms with E-state index in [4.69, 9.17) is 4.74 Å². The zero-order valence-corrected chi connectivity index (χ0v) is 16.1. The lowest BCUT2D eigenvalue weighted by Crippen LogP contribution is -2.36. The number of anilines is 1. The Bertz CT molecular complexity index is 857. The molecule has 1 aliphatic rings. The molecule has 0 saturated carbocycles. The quantitative estimate of drug-likeness (QED) is 0.750. The Balaban J connectivity index is 1.58. The summed E-state index contributed by atoms with van der Waals surface area (Å²) in [5.41, 5.74) is 1.63. The summed E-state index contributed by atoms with van der Waals surface area (Å²) in [5, 5.41) is 2.83. The molecule has 7 heteroatoms. The zero-order chi connectivity index (χ0) is 20.9. The van der Waals surface area contributed by atoms with Crippen LogP contribution in [0.3, 0.4) is 0 Å². The minimum atomic E-state index is -4.41. The topological polar surface area (TPSA) is 41.6 Å². The van der Waals surface area contributed by atoms with Gasteiger partial charge in [-0.15, -0.1) is 0 Å². The number of carbonyl (C=O) groups is 1. The first kappa shape index (κ1) is 20.9. The summed E-state index contributed by atoms with van der Waals surface area (Å²) in [6, 6.07) is 12.6. The van der Waals surface area contributed by atoms with Crippen molar-refractivity contribution in [3.05, 3.63) is 71.3 Å². The van der Waals surface area contributed by atoms with E-state index in [0.717, 1.165) is 36.5 Å². The number of hydrogen-bond acceptors (Lipinski definition) is 3. The van der Waals surface area contributed by atoms with Crippen LogP contribution in [0, 0.1) is 0 Å². The summed E-state index contributed by atoms with van der Waals surface area (Å²) >= 11 is 0. The number of carbonyl (C=O) groups excluding carboxylic acids is 1. The molecule has 154 valence electrons. The van der Waals surface area contributed by atoms with E-state index in [2.05, 4.69) is 10.2 Å². The van der Waals surface area contributed by atoms with E-state index in [1.807, 2.05) is 31.2 Å². The number of amides is 1. The van der Waals surface area contributed by atoms with E-state index in [1.54, 1.807) is 0 Å². The molecule has 1 saturated heterocycles. The second-order valence-electron chi connectivity index (χ2n) is 6.88. The van der Waals surface area contributed by atoms with E-state index < -0.39 is 11.7 Å². The maximum atomic E-state index is 12.8. The number of alkyl halides is 3. The van der Waals surface area contributed by atoms with Gasteiger partial charge in [0.15, 0.2) is 0 Å². The summed E-state index contributed by atoms with van der Waals surface area (Å²) in [7, 11) is 0. The van der Waals surface area contributed by atoms with Crippen LogP contribution in [0.15, 0.2) is 54.6 Å². The minimum Gasteiger partial charge on any atom is -0.378 e. The summed E-state index contributed by atoms with van der Waals surface area (Å²) in [5.74, 6) is -0.368. The molecule has 1 unspecified atom stereocenters. The maximum absolute atomic E-state index is 12.8. The van der Waals surface area contributed by atoms with Gasteiger partial charge in [0, 0.05) is 24.9 Å². The Labute approximate surface area is 168 Å². The number of nitrogens with zero attached hydrogens (tertiary/aromatic N) is 1. The standard InChI is InChI=1S/C22H23F3N2O2/c1-16(18-6-8-20(9-7-18)27-11-13-29-14-12-27)26-21(28)10-5-17-3-2-4-19(15-17)22(23,24)25/h2-10,15-16H,11-14H2,1H3,(H,26,28)/b10-5+. The van der Waals surface area contributed by atoms with Crippen molar-refractivity contribution in [3.8, 4) is 0 Å². The van der Waals surface area contributed by atoms with Gasteiger partial charge in [-0.25, -0.2) is 0 Å². The molecule has 0 spiro atoms. The van der Waals surface area contributed by atoms with Gasteiger partial charge in [-0.05, 0) is 48.4 Å². The molecule has 1 atom stereocenters. The molecule has 1 heterocycles.